The van der Waals surface area contributed by atoms with E-state index in [1.165, 1.54) is 11.0 Å². The van der Waals surface area contributed by atoms with Gasteiger partial charge in [-0.25, -0.2) is 0 Å². The summed E-state index contributed by atoms with van der Waals surface area (Å²) in [7, 11) is 1.59. The fourth-order valence-electron chi connectivity index (χ4n) is 2.27. The van der Waals surface area contributed by atoms with Crippen LogP contribution in [0.1, 0.15) is 17.5 Å². The summed E-state index contributed by atoms with van der Waals surface area (Å²) in [5, 5.41) is 0. The summed E-state index contributed by atoms with van der Waals surface area (Å²) in [6.07, 6.45) is -3.29. The molecule has 0 spiro atoms. The van der Waals surface area contributed by atoms with Crippen molar-refractivity contribution in [3.8, 4) is 0 Å². The first-order valence-corrected chi connectivity index (χ1v) is 5.53. The molecule has 1 amide bonds. The summed E-state index contributed by atoms with van der Waals surface area (Å²) < 4.78 is 37.9. The van der Waals surface area contributed by atoms with Gasteiger partial charge in [0.25, 0.3) is 0 Å². The molecule has 1 heterocycles. The van der Waals surface area contributed by atoms with E-state index in [9.17, 15) is 18.0 Å². The molecular formula is C12H16F3N3O. The van der Waals surface area contributed by atoms with Gasteiger partial charge in [0.2, 0.25) is 5.91 Å². The summed E-state index contributed by atoms with van der Waals surface area (Å²) in [5.74, 6) is -0.513. The summed E-state index contributed by atoms with van der Waals surface area (Å²) in [6.45, 7) is 0. The number of nitrogens with two attached hydrogens (primary N) is 1. The molecule has 4 nitrogen and oxygen atoms in total. The molecule has 0 radical (unpaired) electrons. The van der Waals surface area contributed by atoms with Crippen LogP contribution in [-0.4, -0.2) is 19.0 Å². The molecule has 5 N–H and O–H groups in total. The average Bonchev–Trinajstić information content (AvgIpc) is 2.27. The van der Waals surface area contributed by atoms with Crippen LogP contribution in [0.25, 0.3) is 0 Å². The Morgan fingerprint density at radius 3 is 2.58 bits per heavy atom. The summed E-state index contributed by atoms with van der Waals surface area (Å²) >= 11 is 0. The van der Waals surface area contributed by atoms with E-state index >= 15 is 0 Å². The maximum Gasteiger partial charge on any atom is 0.416 e. The summed E-state index contributed by atoms with van der Waals surface area (Å²) in [4.78, 5) is 12.7. The van der Waals surface area contributed by atoms with Crippen molar-refractivity contribution in [3.63, 3.8) is 0 Å². The van der Waals surface area contributed by atoms with Crippen molar-refractivity contribution in [1.29, 1.82) is 0 Å². The number of hydrogen-bond donors (Lipinski definition) is 2. The maximum atomic E-state index is 12.6. The smallest absolute Gasteiger partial charge is 0.368 e. The number of hydrogen-bond acceptors (Lipinski definition) is 3. The molecule has 2 rings (SSSR count). The topological polar surface area (TPSA) is 81.3 Å². The van der Waals surface area contributed by atoms with E-state index in [2.05, 4.69) is 0 Å². The highest BCUT2D eigenvalue weighted by atomic mass is 19.4. The number of carbonyl (C=O) groups is 1. The van der Waals surface area contributed by atoms with Gasteiger partial charge in [-0.1, -0.05) is 6.07 Å². The van der Waals surface area contributed by atoms with Gasteiger partial charge in [-0.3, -0.25) is 4.79 Å². The van der Waals surface area contributed by atoms with Crippen molar-refractivity contribution in [2.24, 2.45) is 5.73 Å². The minimum atomic E-state index is -4.38. The van der Waals surface area contributed by atoms with Crippen molar-refractivity contribution in [2.45, 2.75) is 25.1 Å². The highest BCUT2D eigenvalue weighted by Crippen LogP contribution is 2.36. The Hall–Kier alpha value is -1.76. The molecule has 1 aliphatic rings. The highest BCUT2D eigenvalue weighted by Gasteiger charge is 2.34. The molecule has 1 aliphatic heterocycles. The van der Waals surface area contributed by atoms with Crippen LogP contribution in [0.2, 0.25) is 0 Å². The Bertz CT molecular complexity index is 488. The van der Waals surface area contributed by atoms with Crippen LogP contribution in [0.15, 0.2) is 18.2 Å². The first-order chi connectivity index (χ1) is 8.30. The quantitative estimate of drug-likeness (QED) is 0.823. The molecular weight excluding hydrogens is 259 g/mol. The van der Waals surface area contributed by atoms with E-state index in [4.69, 9.17) is 5.73 Å². The largest absolute Gasteiger partial charge is 0.416 e. The first-order valence-electron chi connectivity index (χ1n) is 5.53. The Morgan fingerprint density at radius 1 is 1.42 bits per heavy atom. The van der Waals surface area contributed by atoms with Gasteiger partial charge in [0.05, 0.1) is 5.56 Å². The molecule has 1 aromatic carbocycles. The van der Waals surface area contributed by atoms with Crippen LogP contribution in [0.3, 0.4) is 0 Å². The van der Waals surface area contributed by atoms with Crippen molar-refractivity contribution >= 4 is 11.6 Å². The Kier molecular flexibility index (Phi) is 4.09. The summed E-state index contributed by atoms with van der Waals surface area (Å²) in [6, 6.07) is 3.06. The predicted octanol–water partition coefficient (Wildman–Crippen LogP) is 2.10. The molecule has 7 heteroatoms. The molecule has 0 saturated heterocycles. The second-order valence-electron chi connectivity index (χ2n) is 4.41. The normalized spacial score (nSPS) is 18.5. The Balaban J connectivity index is 0.00000180. The first kappa shape index (κ1) is 15.3. The number of alkyl halides is 3. The van der Waals surface area contributed by atoms with E-state index in [0.29, 0.717) is 18.5 Å². The lowest BCUT2D eigenvalue weighted by Crippen LogP contribution is -2.45. The van der Waals surface area contributed by atoms with Crippen molar-refractivity contribution in [2.75, 3.05) is 11.9 Å². The predicted molar refractivity (Wildman–Crippen MR) is 66.2 cm³/mol. The second-order valence-corrected chi connectivity index (χ2v) is 4.41. The van der Waals surface area contributed by atoms with E-state index in [-0.39, 0.29) is 6.15 Å². The third-order valence-electron chi connectivity index (χ3n) is 3.28. The van der Waals surface area contributed by atoms with Crippen LogP contribution in [0.5, 0.6) is 0 Å². The van der Waals surface area contributed by atoms with Gasteiger partial charge < -0.3 is 16.8 Å². The Morgan fingerprint density at radius 2 is 2.05 bits per heavy atom. The SMILES string of the molecule is CN1c2cc(C(F)(F)F)ccc2CCC1C(N)=O.N. The highest BCUT2D eigenvalue weighted by molar-refractivity contribution is 5.84. The van der Waals surface area contributed by atoms with Gasteiger partial charge in [-0.05, 0) is 30.5 Å². The number of carbonyl (C=O) groups excluding carboxylic acids is 1. The lowest BCUT2D eigenvalue weighted by atomic mass is 9.94. The fourth-order valence-corrected chi connectivity index (χ4v) is 2.27. The van der Waals surface area contributed by atoms with Gasteiger partial charge in [-0.15, -0.1) is 0 Å². The third-order valence-corrected chi connectivity index (χ3v) is 3.28. The second kappa shape index (κ2) is 5.08. The van der Waals surface area contributed by atoms with Gasteiger partial charge in [0.15, 0.2) is 0 Å². The number of likely N-dealkylation sites (N-methyl/N-ethyl adjacent to an activating group) is 1. The molecule has 0 fully saturated rings. The zero-order valence-electron chi connectivity index (χ0n) is 10.5. The molecule has 0 aromatic heterocycles. The van der Waals surface area contributed by atoms with Crippen molar-refractivity contribution < 1.29 is 18.0 Å². The number of aryl methyl sites for hydroxylation is 1. The minimum Gasteiger partial charge on any atom is -0.368 e. The number of amides is 1. The third kappa shape index (κ3) is 2.81. The fraction of sp³-hybridized carbons (Fsp3) is 0.417. The molecule has 0 saturated carbocycles. The maximum absolute atomic E-state index is 12.6. The van der Waals surface area contributed by atoms with Crippen molar-refractivity contribution in [3.05, 3.63) is 29.3 Å². The molecule has 19 heavy (non-hydrogen) atoms. The number of fused-ring (bicyclic) bond motifs is 1. The number of benzene rings is 1. The zero-order valence-corrected chi connectivity index (χ0v) is 10.5. The van der Waals surface area contributed by atoms with E-state index in [0.717, 1.165) is 17.7 Å². The molecule has 0 aliphatic carbocycles. The molecule has 1 aromatic rings. The van der Waals surface area contributed by atoms with E-state index in [1.54, 1.807) is 7.05 Å². The standard InChI is InChI=1S/C12H13F3N2O.H3N/c1-17-9(11(16)18)5-3-7-2-4-8(6-10(7)17)12(13,14)15;/h2,4,6,9H,3,5H2,1H3,(H2,16,18);1H3. The molecule has 1 atom stereocenters. The lowest BCUT2D eigenvalue weighted by Gasteiger charge is -2.34. The van der Waals surface area contributed by atoms with Crippen LogP contribution >= 0.6 is 0 Å². The van der Waals surface area contributed by atoms with Gasteiger partial charge in [0.1, 0.15) is 6.04 Å². The van der Waals surface area contributed by atoms with Crippen LogP contribution in [0.4, 0.5) is 18.9 Å². The summed E-state index contributed by atoms with van der Waals surface area (Å²) in [5.41, 5.74) is 5.76. The number of rotatable bonds is 1. The van der Waals surface area contributed by atoms with Crippen LogP contribution in [-0.2, 0) is 17.4 Å². The Labute approximate surface area is 109 Å². The molecule has 1 unspecified atom stereocenters. The van der Waals surface area contributed by atoms with E-state index in [1.807, 2.05) is 0 Å². The minimum absolute atomic E-state index is 0. The van der Waals surface area contributed by atoms with Gasteiger partial charge in [0, 0.05) is 12.7 Å². The van der Waals surface area contributed by atoms with Gasteiger partial charge >= 0.3 is 6.18 Å². The van der Waals surface area contributed by atoms with Gasteiger partial charge in [-0.2, -0.15) is 13.2 Å². The monoisotopic (exact) mass is 275 g/mol. The van der Waals surface area contributed by atoms with Crippen molar-refractivity contribution in [1.82, 2.24) is 6.15 Å². The number of halogens is 3. The lowest BCUT2D eigenvalue weighted by molar-refractivity contribution is -0.137. The number of nitrogens with zero attached hydrogens (tertiary/aromatic N) is 1. The van der Waals surface area contributed by atoms with Crippen LogP contribution < -0.4 is 16.8 Å². The van der Waals surface area contributed by atoms with E-state index < -0.39 is 23.7 Å². The molecule has 106 valence electrons. The zero-order chi connectivity index (χ0) is 13.5. The molecule has 0 bridgehead atoms. The number of anilines is 1. The van der Waals surface area contributed by atoms with Crippen LogP contribution in [0, 0.1) is 0 Å². The number of primary amides is 1. The average molecular weight is 275 g/mol.